The third-order valence-corrected chi connectivity index (χ3v) is 11.6. The van der Waals surface area contributed by atoms with Crippen LogP contribution in [0.4, 0.5) is 11.4 Å². The van der Waals surface area contributed by atoms with Gasteiger partial charge in [0.1, 0.15) is 10.1 Å². The fourth-order valence-corrected chi connectivity index (χ4v) is 8.70. The maximum atomic E-state index is 11.2. The Labute approximate surface area is 337 Å². The normalized spacial score (nSPS) is 11.3. The molecule has 0 unspecified atom stereocenters. The summed E-state index contributed by atoms with van der Waals surface area (Å²) in [6, 6.07) is 28.5. The molecule has 4 heterocycles. The topological polar surface area (TPSA) is 209 Å². The van der Waals surface area contributed by atoms with Gasteiger partial charge in [0.05, 0.1) is 57.8 Å². The molecule has 0 spiro atoms. The van der Waals surface area contributed by atoms with Crippen molar-refractivity contribution in [3.63, 3.8) is 0 Å². The fourth-order valence-electron chi connectivity index (χ4n) is 6.21. The van der Waals surface area contributed by atoms with Gasteiger partial charge in [-0.1, -0.05) is 74.5 Å². The molecule has 4 aromatic carbocycles. The smallest absolute Gasteiger partial charge is 0.258 e. The number of nitrogens with zero attached hydrogens (tertiary/aromatic N) is 14. The van der Waals surface area contributed by atoms with Gasteiger partial charge in [-0.2, -0.15) is 19.8 Å². The lowest BCUT2D eigenvalue weighted by Gasteiger charge is -2.14. The summed E-state index contributed by atoms with van der Waals surface area (Å²) in [7, 11) is 2.89. The van der Waals surface area contributed by atoms with Crippen LogP contribution in [0, 0.1) is 20.2 Å². The van der Waals surface area contributed by atoms with Crippen LogP contribution in [0.5, 0.6) is 0 Å². The molecule has 8 rings (SSSR count). The van der Waals surface area contributed by atoms with Gasteiger partial charge in [0.2, 0.25) is 11.6 Å². The van der Waals surface area contributed by atoms with Gasteiger partial charge in [-0.05, 0) is 79.2 Å². The zero-order valence-electron chi connectivity index (χ0n) is 30.9. The van der Waals surface area contributed by atoms with Gasteiger partial charge in [-0.25, -0.2) is 9.36 Å². The van der Waals surface area contributed by atoms with Crippen molar-refractivity contribution in [2.24, 2.45) is 0 Å². The van der Waals surface area contributed by atoms with Gasteiger partial charge in [-0.3, -0.25) is 20.2 Å². The molecule has 18 nitrogen and oxygen atoms in total. The second kappa shape index (κ2) is 16.6. The van der Waals surface area contributed by atoms with Crippen molar-refractivity contribution in [1.82, 2.24) is 60.0 Å². The number of nitro benzene ring substituents is 2. The number of hydrogen-bond acceptors (Lipinski definition) is 14. The lowest BCUT2D eigenvalue weighted by Crippen LogP contribution is -2.04. The number of nitro groups is 2. The average Bonchev–Trinajstić information content (AvgIpc) is 4.07. The molecule has 0 fully saturated rings. The third-order valence-electron chi connectivity index (χ3n) is 9.18. The summed E-state index contributed by atoms with van der Waals surface area (Å²) in [6.07, 6.45) is 4.99. The second-order valence-corrected chi connectivity index (χ2v) is 14.9. The summed E-state index contributed by atoms with van der Waals surface area (Å²) >= 11 is 0. The number of non-ortho nitro benzene ring substituents is 2. The number of para-hydroxylation sites is 2. The van der Waals surface area contributed by atoms with E-state index in [9.17, 15) is 20.2 Å². The first-order valence-corrected chi connectivity index (χ1v) is 20.1. The van der Waals surface area contributed by atoms with E-state index in [-0.39, 0.29) is 24.5 Å². The summed E-state index contributed by atoms with van der Waals surface area (Å²) < 4.78 is 3.75. The predicted octanol–water partition coefficient (Wildman–Crippen LogP) is 7.20. The Kier molecular flexibility index (Phi) is 10.8. The van der Waals surface area contributed by atoms with Crippen molar-refractivity contribution in [1.29, 1.82) is 0 Å². The Balaban J connectivity index is 1.16. The molecule has 0 radical (unpaired) electrons. The number of rotatable bonds is 15. The highest BCUT2D eigenvalue weighted by atomic mass is 33.1. The van der Waals surface area contributed by atoms with Crippen molar-refractivity contribution < 1.29 is 9.85 Å². The molecule has 0 amide bonds. The number of tetrazole rings is 2. The number of benzene rings is 4. The molecule has 58 heavy (non-hydrogen) atoms. The Hall–Kier alpha value is -7.06. The van der Waals surface area contributed by atoms with Crippen LogP contribution in [-0.4, -0.2) is 69.8 Å². The van der Waals surface area contributed by atoms with E-state index in [4.69, 9.17) is 20.4 Å². The summed E-state index contributed by atoms with van der Waals surface area (Å²) in [5.41, 5.74) is 6.83. The molecular weight excluding hydrogens is 781 g/mol. The van der Waals surface area contributed by atoms with Crippen molar-refractivity contribution in [3.05, 3.63) is 152 Å². The van der Waals surface area contributed by atoms with Gasteiger partial charge >= 0.3 is 0 Å². The molecular formula is C38H32N14O4S2. The van der Waals surface area contributed by atoms with E-state index < -0.39 is 9.85 Å². The quantitative estimate of drug-likeness (QED) is 0.0570. The zero-order valence-corrected chi connectivity index (χ0v) is 32.6. The van der Waals surface area contributed by atoms with E-state index >= 15 is 0 Å². The van der Waals surface area contributed by atoms with Crippen LogP contribution in [0.25, 0.3) is 34.2 Å². The molecule has 0 aliphatic heterocycles. The highest BCUT2D eigenvalue weighted by Gasteiger charge is 2.25. The number of aryl methyl sites for hydroxylation is 2. The van der Waals surface area contributed by atoms with Crippen LogP contribution in [0.2, 0.25) is 0 Å². The maximum Gasteiger partial charge on any atom is 0.269 e. The minimum atomic E-state index is -0.440. The van der Waals surface area contributed by atoms with Crippen molar-refractivity contribution >= 4 is 33.0 Å². The van der Waals surface area contributed by atoms with Crippen LogP contribution in [0.3, 0.4) is 0 Å². The lowest BCUT2D eigenvalue weighted by molar-refractivity contribution is -0.385. The fraction of sp³-hybridized carbons (Fsp3) is 0.158. The molecule has 0 atom stereocenters. The third kappa shape index (κ3) is 7.82. The summed E-state index contributed by atoms with van der Waals surface area (Å²) in [5, 5.41) is 60.3. The van der Waals surface area contributed by atoms with Crippen molar-refractivity contribution in [2.45, 2.75) is 49.8 Å². The summed E-state index contributed by atoms with van der Waals surface area (Å²) in [5.74, 6) is 0.706. The van der Waals surface area contributed by atoms with Crippen molar-refractivity contribution in [2.75, 3.05) is 0 Å². The first kappa shape index (κ1) is 37.8. The molecule has 0 saturated carbocycles. The van der Waals surface area contributed by atoms with Gasteiger partial charge in [-0.15, -0.1) is 20.4 Å². The van der Waals surface area contributed by atoms with E-state index in [1.54, 1.807) is 36.7 Å². The first-order valence-electron chi connectivity index (χ1n) is 18.0. The average molecular weight is 813 g/mol. The summed E-state index contributed by atoms with van der Waals surface area (Å²) in [4.78, 5) is 24.3. The SMILES string of the molecule is CCc1ccccc1-n1ncc(-c2nnn(Cc3ccc([N+](=O)[O-])cc3)n2)c1SSc1c(-c2nnn(Cc3ccc([N+](=O)[O-])cc3)n2)cnn1-c1ccccc1CC. The van der Waals surface area contributed by atoms with Gasteiger partial charge in [0.25, 0.3) is 11.4 Å². The predicted molar refractivity (Wildman–Crippen MR) is 216 cm³/mol. The minimum Gasteiger partial charge on any atom is -0.258 e. The van der Waals surface area contributed by atoms with Gasteiger partial charge < -0.3 is 0 Å². The van der Waals surface area contributed by atoms with Crippen LogP contribution in [0.15, 0.2) is 120 Å². The molecule has 0 N–H and O–H groups in total. The largest absolute Gasteiger partial charge is 0.269 e. The Morgan fingerprint density at radius 2 is 0.966 bits per heavy atom. The van der Waals surface area contributed by atoms with Gasteiger partial charge in [0.15, 0.2) is 0 Å². The Morgan fingerprint density at radius 3 is 1.34 bits per heavy atom. The summed E-state index contributed by atoms with van der Waals surface area (Å²) in [6.45, 7) is 4.69. The van der Waals surface area contributed by atoms with E-state index in [2.05, 4.69) is 46.6 Å². The molecule has 20 heteroatoms. The Morgan fingerprint density at radius 1 is 0.569 bits per heavy atom. The molecule has 0 saturated heterocycles. The van der Waals surface area contributed by atoms with Crippen LogP contribution in [0.1, 0.15) is 36.1 Å². The maximum absolute atomic E-state index is 11.2. The lowest BCUT2D eigenvalue weighted by atomic mass is 10.1. The van der Waals surface area contributed by atoms with Crippen LogP contribution >= 0.6 is 21.6 Å². The molecule has 0 aliphatic carbocycles. The van der Waals surface area contributed by atoms with E-state index in [0.717, 1.165) is 56.5 Å². The minimum absolute atomic E-state index is 0.000237. The highest BCUT2D eigenvalue weighted by Crippen LogP contribution is 2.46. The van der Waals surface area contributed by atoms with E-state index in [1.165, 1.54) is 55.4 Å². The van der Waals surface area contributed by atoms with E-state index in [0.29, 0.717) is 22.8 Å². The van der Waals surface area contributed by atoms with Crippen LogP contribution < -0.4 is 0 Å². The van der Waals surface area contributed by atoms with Crippen molar-refractivity contribution in [3.8, 4) is 34.2 Å². The molecule has 290 valence electrons. The first-order chi connectivity index (χ1) is 28.3. The van der Waals surface area contributed by atoms with Crippen LogP contribution in [-0.2, 0) is 25.9 Å². The molecule has 8 aromatic rings. The second-order valence-electron chi connectivity index (χ2n) is 12.8. The molecule has 0 aliphatic rings. The molecule has 4 aromatic heterocycles. The van der Waals surface area contributed by atoms with Gasteiger partial charge in [0, 0.05) is 24.3 Å². The number of aromatic nitrogens is 12. The highest BCUT2D eigenvalue weighted by molar-refractivity contribution is 8.76. The molecule has 0 bridgehead atoms. The van der Waals surface area contributed by atoms with E-state index in [1.807, 2.05) is 45.8 Å². The monoisotopic (exact) mass is 812 g/mol. The standard InChI is InChI=1S/C38H32N14O4S2/c1-3-27-9-5-7-11-33(27)49-37(31(21-39-49)35-41-45-47(43-35)23-25-13-17-29(18-14-25)51(53)54)57-58-38-32(22-40-50(38)34-12-8-6-10-28(34)4-2)36-42-46-48(44-36)24-26-15-19-30(20-16-26)52(55)56/h5-22H,3-4,23-24H2,1-2H3. The Bertz CT molecular complexity index is 2550. The zero-order chi connectivity index (χ0) is 40.2. The number of hydrogen-bond donors (Lipinski definition) is 0.